The van der Waals surface area contributed by atoms with Gasteiger partial charge in [0.15, 0.2) is 0 Å². The molecule has 1 N–H and O–H groups in total. The topological polar surface area (TPSA) is 60.0 Å². The van der Waals surface area contributed by atoms with Crippen LogP contribution in [0.15, 0.2) is 24.3 Å². The molecule has 0 spiro atoms. The van der Waals surface area contributed by atoms with Crippen molar-refractivity contribution >= 4 is 5.91 Å². The fourth-order valence-corrected chi connectivity index (χ4v) is 3.61. The second-order valence-corrected chi connectivity index (χ2v) is 6.67. The van der Waals surface area contributed by atoms with Crippen molar-refractivity contribution in [3.05, 3.63) is 29.8 Å². The van der Waals surface area contributed by atoms with E-state index in [4.69, 9.17) is 14.2 Å². The van der Waals surface area contributed by atoms with Crippen molar-refractivity contribution in [2.45, 2.75) is 18.9 Å². The molecule has 0 radical (unpaired) electrons. The first-order valence-corrected chi connectivity index (χ1v) is 9.05. The van der Waals surface area contributed by atoms with Crippen LogP contribution in [0.25, 0.3) is 0 Å². The SMILES string of the molecule is COc1cccc(CC(=O)NCC(C2CCOC2)N2CCOCC2)c1. The zero-order chi connectivity index (χ0) is 17.5. The molecule has 2 aliphatic rings. The summed E-state index contributed by atoms with van der Waals surface area (Å²) in [5, 5.41) is 3.13. The van der Waals surface area contributed by atoms with Gasteiger partial charge in [0.1, 0.15) is 5.75 Å². The molecule has 1 amide bonds. The zero-order valence-corrected chi connectivity index (χ0v) is 14.9. The van der Waals surface area contributed by atoms with E-state index in [1.165, 1.54) is 0 Å². The molecule has 2 heterocycles. The van der Waals surface area contributed by atoms with Gasteiger partial charge in [-0.3, -0.25) is 9.69 Å². The molecule has 1 aromatic rings. The molecule has 2 unspecified atom stereocenters. The quantitative estimate of drug-likeness (QED) is 0.799. The molecule has 6 heteroatoms. The number of hydrogen-bond acceptors (Lipinski definition) is 5. The van der Waals surface area contributed by atoms with Gasteiger partial charge < -0.3 is 19.5 Å². The summed E-state index contributed by atoms with van der Waals surface area (Å²) in [5.41, 5.74) is 0.962. The average molecular weight is 348 g/mol. The Morgan fingerprint density at radius 3 is 2.88 bits per heavy atom. The molecule has 138 valence electrons. The number of ether oxygens (including phenoxy) is 3. The largest absolute Gasteiger partial charge is 0.497 e. The van der Waals surface area contributed by atoms with Gasteiger partial charge in [0.2, 0.25) is 5.91 Å². The maximum absolute atomic E-state index is 12.4. The van der Waals surface area contributed by atoms with E-state index in [-0.39, 0.29) is 5.91 Å². The predicted molar refractivity (Wildman–Crippen MR) is 94.8 cm³/mol. The van der Waals surface area contributed by atoms with Gasteiger partial charge in [-0.1, -0.05) is 12.1 Å². The van der Waals surface area contributed by atoms with E-state index < -0.39 is 0 Å². The minimum atomic E-state index is 0.0467. The van der Waals surface area contributed by atoms with Crippen LogP contribution in [-0.2, 0) is 20.7 Å². The maximum atomic E-state index is 12.4. The van der Waals surface area contributed by atoms with Crippen LogP contribution < -0.4 is 10.1 Å². The number of rotatable bonds is 7. The molecular weight excluding hydrogens is 320 g/mol. The Morgan fingerprint density at radius 2 is 2.16 bits per heavy atom. The number of nitrogens with zero attached hydrogens (tertiary/aromatic N) is 1. The summed E-state index contributed by atoms with van der Waals surface area (Å²) in [6.45, 7) is 5.65. The smallest absolute Gasteiger partial charge is 0.224 e. The maximum Gasteiger partial charge on any atom is 0.224 e. The van der Waals surface area contributed by atoms with Gasteiger partial charge in [-0.05, 0) is 24.1 Å². The van der Waals surface area contributed by atoms with Crippen molar-refractivity contribution in [3.63, 3.8) is 0 Å². The average Bonchev–Trinajstić information content (AvgIpc) is 3.17. The molecule has 2 aliphatic heterocycles. The summed E-state index contributed by atoms with van der Waals surface area (Å²) in [4.78, 5) is 14.8. The van der Waals surface area contributed by atoms with Crippen LogP contribution in [-0.4, -0.2) is 70.0 Å². The molecule has 0 aliphatic carbocycles. The molecule has 6 nitrogen and oxygen atoms in total. The number of amides is 1. The summed E-state index contributed by atoms with van der Waals surface area (Å²) in [5.74, 6) is 1.31. The van der Waals surface area contributed by atoms with E-state index >= 15 is 0 Å². The van der Waals surface area contributed by atoms with Crippen molar-refractivity contribution in [1.29, 1.82) is 0 Å². The highest BCUT2D eigenvalue weighted by Crippen LogP contribution is 2.22. The van der Waals surface area contributed by atoms with Gasteiger partial charge in [-0.2, -0.15) is 0 Å². The van der Waals surface area contributed by atoms with E-state index in [0.29, 0.717) is 24.9 Å². The number of nitrogens with one attached hydrogen (secondary N) is 1. The third-order valence-electron chi connectivity index (χ3n) is 5.03. The van der Waals surface area contributed by atoms with Crippen LogP contribution in [0.1, 0.15) is 12.0 Å². The highest BCUT2D eigenvalue weighted by Gasteiger charge is 2.31. The Bertz CT molecular complexity index is 554. The Hall–Kier alpha value is -1.63. The lowest BCUT2D eigenvalue weighted by Crippen LogP contribution is -2.52. The highest BCUT2D eigenvalue weighted by molar-refractivity contribution is 5.78. The van der Waals surface area contributed by atoms with Crippen molar-refractivity contribution in [1.82, 2.24) is 10.2 Å². The van der Waals surface area contributed by atoms with Gasteiger partial charge in [-0.15, -0.1) is 0 Å². The lowest BCUT2D eigenvalue weighted by Gasteiger charge is -2.37. The summed E-state index contributed by atoms with van der Waals surface area (Å²) in [6.07, 6.45) is 1.43. The molecular formula is C19H28N2O4. The predicted octanol–water partition coefficient (Wildman–Crippen LogP) is 1.09. The van der Waals surface area contributed by atoms with Crippen molar-refractivity contribution in [2.75, 3.05) is 53.2 Å². The van der Waals surface area contributed by atoms with E-state index in [2.05, 4.69) is 10.2 Å². The Morgan fingerprint density at radius 1 is 1.32 bits per heavy atom. The first-order chi connectivity index (χ1) is 12.3. The summed E-state index contributed by atoms with van der Waals surface area (Å²) < 4.78 is 16.3. The molecule has 2 fully saturated rings. The number of morpholine rings is 1. The summed E-state index contributed by atoms with van der Waals surface area (Å²) in [7, 11) is 1.63. The third kappa shape index (κ3) is 5.17. The van der Waals surface area contributed by atoms with Crippen LogP contribution in [0, 0.1) is 5.92 Å². The molecule has 2 saturated heterocycles. The minimum absolute atomic E-state index is 0.0467. The second-order valence-electron chi connectivity index (χ2n) is 6.67. The number of carbonyl (C=O) groups is 1. The van der Waals surface area contributed by atoms with E-state index in [1.807, 2.05) is 24.3 Å². The fourth-order valence-electron chi connectivity index (χ4n) is 3.61. The van der Waals surface area contributed by atoms with Crippen LogP contribution in [0.4, 0.5) is 0 Å². The van der Waals surface area contributed by atoms with E-state index in [1.54, 1.807) is 7.11 Å². The molecule has 0 aromatic heterocycles. The minimum Gasteiger partial charge on any atom is -0.497 e. The first-order valence-electron chi connectivity index (χ1n) is 9.05. The Labute approximate surface area is 149 Å². The Kier molecular flexibility index (Phi) is 6.67. The van der Waals surface area contributed by atoms with Gasteiger partial charge in [0.25, 0.3) is 0 Å². The van der Waals surface area contributed by atoms with E-state index in [0.717, 1.165) is 57.3 Å². The van der Waals surface area contributed by atoms with Crippen LogP contribution in [0.5, 0.6) is 5.75 Å². The number of hydrogen-bond donors (Lipinski definition) is 1. The number of carbonyl (C=O) groups excluding carboxylic acids is 1. The molecule has 1 aromatic carbocycles. The fraction of sp³-hybridized carbons (Fsp3) is 0.632. The highest BCUT2D eigenvalue weighted by atomic mass is 16.5. The van der Waals surface area contributed by atoms with Gasteiger partial charge in [0.05, 0.1) is 33.4 Å². The van der Waals surface area contributed by atoms with Gasteiger partial charge >= 0.3 is 0 Å². The van der Waals surface area contributed by atoms with E-state index in [9.17, 15) is 4.79 Å². The first kappa shape index (κ1) is 18.2. The molecule has 2 atom stereocenters. The van der Waals surface area contributed by atoms with Crippen molar-refractivity contribution in [3.8, 4) is 5.75 Å². The molecule has 0 bridgehead atoms. The normalized spacial score (nSPS) is 22.5. The third-order valence-corrected chi connectivity index (χ3v) is 5.03. The van der Waals surface area contributed by atoms with Gasteiger partial charge in [-0.25, -0.2) is 0 Å². The Balaban J connectivity index is 1.54. The second kappa shape index (κ2) is 9.17. The standard InChI is InChI=1S/C19H28N2O4/c1-23-17-4-2-3-15(11-17)12-19(22)20-13-18(16-5-8-25-14-16)21-6-9-24-10-7-21/h2-4,11,16,18H,5-10,12-14H2,1H3,(H,20,22). The summed E-state index contributed by atoms with van der Waals surface area (Å²) >= 11 is 0. The molecule has 0 saturated carbocycles. The van der Waals surface area contributed by atoms with Gasteiger partial charge in [0, 0.05) is 38.2 Å². The zero-order valence-electron chi connectivity index (χ0n) is 14.9. The van der Waals surface area contributed by atoms with Crippen LogP contribution in [0.2, 0.25) is 0 Å². The van der Waals surface area contributed by atoms with Crippen LogP contribution >= 0.6 is 0 Å². The number of methoxy groups -OCH3 is 1. The van der Waals surface area contributed by atoms with Crippen LogP contribution in [0.3, 0.4) is 0 Å². The molecule has 25 heavy (non-hydrogen) atoms. The molecule has 3 rings (SSSR count). The lowest BCUT2D eigenvalue weighted by molar-refractivity contribution is -0.120. The summed E-state index contributed by atoms with van der Waals surface area (Å²) in [6, 6.07) is 7.97. The van der Waals surface area contributed by atoms with Crippen molar-refractivity contribution < 1.29 is 19.0 Å². The lowest BCUT2D eigenvalue weighted by atomic mass is 9.96. The monoisotopic (exact) mass is 348 g/mol. The number of benzene rings is 1. The van der Waals surface area contributed by atoms with Crippen molar-refractivity contribution in [2.24, 2.45) is 5.92 Å².